The van der Waals surface area contributed by atoms with Crippen LogP contribution in [0.15, 0.2) is 33.9 Å². The minimum atomic E-state index is -0.503. The first-order valence-electron chi connectivity index (χ1n) is 6.33. The third kappa shape index (κ3) is 4.12. The number of Topliss-reactive ketones (excluding diaryl/α,β-unsaturated/α-hetero) is 1. The number of aryl methyl sites for hydroxylation is 1. The molecule has 0 saturated heterocycles. The van der Waals surface area contributed by atoms with Gasteiger partial charge in [-0.15, -0.1) is 10.2 Å². The van der Waals surface area contributed by atoms with Gasteiger partial charge in [-0.3, -0.25) is 14.9 Å². The molecule has 0 N–H and O–H groups in total. The molecule has 2 aromatic rings. The molecule has 0 saturated carbocycles. The van der Waals surface area contributed by atoms with Crippen LogP contribution in [0.5, 0.6) is 0 Å². The molecule has 0 unspecified atom stereocenters. The van der Waals surface area contributed by atoms with Crippen LogP contribution >= 0.6 is 11.8 Å². The maximum absolute atomic E-state index is 12.0. The number of hydrogen-bond donors (Lipinski definition) is 0. The number of hydrogen-bond acceptors (Lipinski definition) is 7. The number of benzene rings is 1. The Bertz CT molecular complexity index is 639. The van der Waals surface area contributed by atoms with Crippen LogP contribution < -0.4 is 0 Å². The summed E-state index contributed by atoms with van der Waals surface area (Å²) in [5.74, 6) is 0.555. The van der Waals surface area contributed by atoms with Gasteiger partial charge in [0, 0.05) is 24.1 Å². The highest BCUT2D eigenvalue weighted by molar-refractivity contribution is 7.99. The molecule has 21 heavy (non-hydrogen) atoms. The van der Waals surface area contributed by atoms with Crippen LogP contribution in [-0.4, -0.2) is 26.7 Å². The van der Waals surface area contributed by atoms with E-state index in [4.69, 9.17) is 4.42 Å². The Balaban J connectivity index is 1.92. The summed E-state index contributed by atoms with van der Waals surface area (Å²) in [4.78, 5) is 22.0. The quantitative estimate of drug-likeness (QED) is 0.335. The molecule has 0 fully saturated rings. The standard InChI is InChI=1S/C13H13N3O4S/c1-2-3-12-14-15-13(20-12)21-8-11(17)9-4-6-10(7-5-9)16(18)19/h4-7H,2-3,8H2,1H3. The molecule has 0 aliphatic carbocycles. The molecular weight excluding hydrogens is 294 g/mol. The topological polar surface area (TPSA) is 99.1 Å². The van der Waals surface area contributed by atoms with E-state index >= 15 is 0 Å². The lowest BCUT2D eigenvalue weighted by atomic mass is 10.1. The van der Waals surface area contributed by atoms with Crippen molar-refractivity contribution in [2.24, 2.45) is 0 Å². The highest BCUT2D eigenvalue weighted by atomic mass is 32.2. The van der Waals surface area contributed by atoms with E-state index in [1.54, 1.807) is 0 Å². The van der Waals surface area contributed by atoms with Crippen LogP contribution in [0.1, 0.15) is 29.6 Å². The van der Waals surface area contributed by atoms with Gasteiger partial charge in [0.05, 0.1) is 10.7 Å². The van der Waals surface area contributed by atoms with Gasteiger partial charge >= 0.3 is 0 Å². The van der Waals surface area contributed by atoms with E-state index in [1.165, 1.54) is 24.3 Å². The average molecular weight is 307 g/mol. The van der Waals surface area contributed by atoms with Crippen molar-refractivity contribution >= 4 is 23.2 Å². The fourth-order valence-corrected chi connectivity index (χ4v) is 2.27. The van der Waals surface area contributed by atoms with Gasteiger partial charge in [-0.25, -0.2) is 0 Å². The van der Waals surface area contributed by atoms with Gasteiger partial charge < -0.3 is 4.42 Å². The molecule has 1 heterocycles. The van der Waals surface area contributed by atoms with Gasteiger partial charge in [-0.2, -0.15) is 0 Å². The summed E-state index contributed by atoms with van der Waals surface area (Å²) < 4.78 is 5.36. The summed E-state index contributed by atoms with van der Waals surface area (Å²) in [6, 6.07) is 5.50. The van der Waals surface area contributed by atoms with E-state index in [1.807, 2.05) is 6.92 Å². The van der Waals surface area contributed by atoms with E-state index in [2.05, 4.69) is 10.2 Å². The first-order valence-corrected chi connectivity index (χ1v) is 7.31. The molecule has 7 nitrogen and oxygen atoms in total. The van der Waals surface area contributed by atoms with Gasteiger partial charge in [0.25, 0.3) is 10.9 Å². The molecule has 1 aromatic carbocycles. The Morgan fingerprint density at radius 1 is 1.33 bits per heavy atom. The highest BCUT2D eigenvalue weighted by Gasteiger charge is 2.12. The molecular formula is C13H13N3O4S. The molecule has 1 aromatic heterocycles. The van der Waals surface area contributed by atoms with Crippen molar-refractivity contribution in [2.45, 2.75) is 25.0 Å². The number of rotatable bonds is 7. The lowest BCUT2D eigenvalue weighted by Gasteiger charge is -1.98. The minimum absolute atomic E-state index is 0.0414. The number of carbonyl (C=O) groups is 1. The number of nitro groups is 1. The van der Waals surface area contributed by atoms with Crippen molar-refractivity contribution in [2.75, 3.05) is 5.75 Å². The smallest absolute Gasteiger partial charge is 0.277 e. The van der Waals surface area contributed by atoms with E-state index in [0.717, 1.165) is 18.2 Å². The Morgan fingerprint density at radius 2 is 2.05 bits per heavy atom. The number of thioether (sulfide) groups is 1. The number of carbonyl (C=O) groups excluding carboxylic acids is 1. The average Bonchev–Trinajstić information content (AvgIpc) is 2.93. The molecule has 0 atom stereocenters. The van der Waals surface area contributed by atoms with Gasteiger partial charge in [-0.05, 0) is 18.6 Å². The number of non-ortho nitro benzene ring substituents is 1. The summed E-state index contributed by atoms with van der Waals surface area (Å²) in [5.41, 5.74) is 0.377. The molecule has 0 aliphatic rings. The zero-order valence-electron chi connectivity index (χ0n) is 11.3. The lowest BCUT2D eigenvalue weighted by Crippen LogP contribution is -2.02. The molecule has 0 bridgehead atoms. The van der Waals surface area contributed by atoms with E-state index < -0.39 is 4.92 Å². The summed E-state index contributed by atoms with van der Waals surface area (Å²) in [6.07, 6.45) is 1.62. The normalized spacial score (nSPS) is 10.5. The van der Waals surface area contributed by atoms with Crippen molar-refractivity contribution in [3.8, 4) is 0 Å². The third-order valence-corrected chi connectivity index (χ3v) is 3.46. The van der Waals surface area contributed by atoms with E-state index in [0.29, 0.717) is 23.1 Å². The number of nitrogens with zero attached hydrogens (tertiary/aromatic N) is 3. The first kappa shape index (κ1) is 15.2. The summed E-state index contributed by atoms with van der Waals surface area (Å²) in [5, 5.41) is 18.6. The van der Waals surface area contributed by atoms with Gasteiger partial charge in [-0.1, -0.05) is 18.7 Å². The minimum Gasteiger partial charge on any atom is -0.416 e. The largest absolute Gasteiger partial charge is 0.416 e. The predicted octanol–water partition coefficient (Wildman–Crippen LogP) is 2.91. The predicted molar refractivity (Wildman–Crippen MR) is 76.4 cm³/mol. The Kier molecular flexibility index (Phi) is 5.04. The molecule has 8 heteroatoms. The molecule has 2 rings (SSSR count). The van der Waals surface area contributed by atoms with Crippen molar-refractivity contribution in [1.82, 2.24) is 10.2 Å². The van der Waals surface area contributed by atoms with Crippen molar-refractivity contribution in [3.05, 3.63) is 45.8 Å². The van der Waals surface area contributed by atoms with Crippen molar-refractivity contribution in [3.63, 3.8) is 0 Å². The van der Waals surface area contributed by atoms with Gasteiger partial charge in [0.2, 0.25) is 5.89 Å². The second kappa shape index (κ2) is 6.98. The van der Waals surface area contributed by atoms with E-state index in [9.17, 15) is 14.9 Å². The zero-order valence-corrected chi connectivity index (χ0v) is 12.1. The van der Waals surface area contributed by atoms with Crippen LogP contribution in [-0.2, 0) is 6.42 Å². The monoisotopic (exact) mass is 307 g/mol. The fraction of sp³-hybridized carbons (Fsp3) is 0.308. The van der Waals surface area contributed by atoms with E-state index in [-0.39, 0.29) is 17.2 Å². The number of nitro benzene ring substituents is 1. The van der Waals surface area contributed by atoms with Crippen LogP contribution in [0.4, 0.5) is 5.69 Å². The molecule has 0 amide bonds. The summed E-state index contributed by atoms with van der Waals surface area (Å²) in [6.45, 7) is 2.01. The maximum Gasteiger partial charge on any atom is 0.277 e. The highest BCUT2D eigenvalue weighted by Crippen LogP contribution is 2.19. The molecule has 0 spiro atoms. The van der Waals surface area contributed by atoms with Gasteiger partial charge in [0.1, 0.15) is 0 Å². The zero-order chi connectivity index (χ0) is 15.2. The molecule has 0 radical (unpaired) electrons. The number of aromatic nitrogens is 2. The summed E-state index contributed by atoms with van der Waals surface area (Å²) >= 11 is 1.16. The second-order valence-corrected chi connectivity index (χ2v) is 5.15. The third-order valence-electron chi connectivity index (χ3n) is 2.64. The van der Waals surface area contributed by atoms with Crippen LogP contribution in [0.2, 0.25) is 0 Å². The lowest BCUT2D eigenvalue weighted by molar-refractivity contribution is -0.384. The van der Waals surface area contributed by atoms with Gasteiger partial charge in [0.15, 0.2) is 5.78 Å². The molecule has 110 valence electrons. The second-order valence-electron chi connectivity index (χ2n) is 4.23. The first-order chi connectivity index (χ1) is 10.1. The number of ketones is 1. The fourth-order valence-electron chi connectivity index (χ4n) is 1.59. The molecule has 0 aliphatic heterocycles. The van der Waals surface area contributed by atoms with Crippen molar-refractivity contribution in [1.29, 1.82) is 0 Å². The Labute approximate surface area is 124 Å². The SMILES string of the molecule is CCCc1nnc(SCC(=O)c2ccc([N+](=O)[O-])cc2)o1. The van der Waals surface area contributed by atoms with Crippen LogP contribution in [0.25, 0.3) is 0 Å². The van der Waals surface area contributed by atoms with Crippen LogP contribution in [0.3, 0.4) is 0 Å². The Morgan fingerprint density at radius 3 is 2.67 bits per heavy atom. The maximum atomic E-state index is 12.0. The Hall–Kier alpha value is -2.22. The van der Waals surface area contributed by atoms with Crippen LogP contribution in [0, 0.1) is 10.1 Å². The van der Waals surface area contributed by atoms with Crippen molar-refractivity contribution < 1.29 is 14.1 Å². The summed E-state index contributed by atoms with van der Waals surface area (Å²) in [7, 11) is 0.